The van der Waals surface area contributed by atoms with Crippen LogP contribution in [-0.2, 0) is 27.9 Å². The number of hydrogen-bond acceptors (Lipinski definition) is 6. The molecule has 0 aliphatic heterocycles. The maximum Gasteiger partial charge on any atom is 0.472 e. The lowest BCUT2D eigenvalue weighted by atomic mass is 10.1. The normalized spacial score (nSPS) is 14.4. The number of carbonyl (C=O) groups is 1. The van der Waals surface area contributed by atoms with Crippen LogP contribution in [0.3, 0.4) is 0 Å². The van der Waals surface area contributed by atoms with Crippen LogP contribution in [-0.4, -0.2) is 75.6 Å². The molecule has 0 rings (SSSR count). The standard InChI is InChI=1S/C29H60NO7P/c1-6-8-10-12-13-14-15-16-17-18-19-21-24-34-26-28(37-29(31)22-20-11-9-7-2)27-36-38(32,33)35-25-23-30(3,4)5/h28H,6-27H2,1-5H3/p+1. The molecule has 0 saturated carbocycles. The Morgan fingerprint density at radius 3 is 1.74 bits per heavy atom. The molecule has 0 amide bonds. The highest BCUT2D eigenvalue weighted by Crippen LogP contribution is 2.43. The number of carbonyl (C=O) groups excluding carboxylic acids is 1. The molecular weight excluding hydrogens is 505 g/mol. The number of unbranched alkanes of at least 4 members (excludes halogenated alkanes) is 14. The summed E-state index contributed by atoms with van der Waals surface area (Å²) in [4.78, 5) is 22.3. The first-order valence-electron chi connectivity index (χ1n) is 15.3. The van der Waals surface area contributed by atoms with E-state index in [0.717, 1.165) is 38.5 Å². The lowest BCUT2D eigenvalue weighted by Crippen LogP contribution is -2.37. The number of phosphoric acid groups is 1. The summed E-state index contributed by atoms with van der Waals surface area (Å²) in [5.74, 6) is -0.331. The average molecular weight is 567 g/mol. The number of quaternary nitrogens is 1. The Hall–Kier alpha value is -0.500. The molecule has 0 aromatic heterocycles. The van der Waals surface area contributed by atoms with E-state index in [1.807, 2.05) is 21.1 Å². The van der Waals surface area contributed by atoms with Crippen LogP contribution in [0.4, 0.5) is 0 Å². The van der Waals surface area contributed by atoms with Crippen LogP contribution in [0.25, 0.3) is 0 Å². The molecule has 228 valence electrons. The van der Waals surface area contributed by atoms with E-state index in [0.29, 0.717) is 24.1 Å². The Bertz CT molecular complexity index is 598. The third-order valence-electron chi connectivity index (χ3n) is 6.42. The van der Waals surface area contributed by atoms with E-state index >= 15 is 0 Å². The second-order valence-electron chi connectivity index (χ2n) is 11.5. The van der Waals surface area contributed by atoms with Crippen LogP contribution < -0.4 is 0 Å². The Kier molecular flexibility index (Phi) is 24.0. The summed E-state index contributed by atoms with van der Waals surface area (Å²) in [6, 6.07) is 0. The molecule has 0 radical (unpaired) electrons. The van der Waals surface area contributed by atoms with Crippen LogP contribution in [0.5, 0.6) is 0 Å². The van der Waals surface area contributed by atoms with Gasteiger partial charge in [0.2, 0.25) is 0 Å². The van der Waals surface area contributed by atoms with Crippen LogP contribution >= 0.6 is 7.82 Å². The first kappa shape index (κ1) is 37.5. The van der Waals surface area contributed by atoms with Crippen LogP contribution in [0.1, 0.15) is 123 Å². The highest BCUT2D eigenvalue weighted by atomic mass is 31.2. The number of phosphoric ester groups is 1. The number of hydrogen-bond donors (Lipinski definition) is 1. The molecule has 1 N–H and O–H groups in total. The number of esters is 1. The Morgan fingerprint density at radius 1 is 0.711 bits per heavy atom. The predicted molar refractivity (Wildman–Crippen MR) is 155 cm³/mol. The van der Waals surface area contributed by atoms with E-state index in [1.54, 1.807) is 0 Å². The van der Waals surface area contributed by atoms with Crippen LogP contribution in [0.2, 0.25) is 0 Å². The van der Waals surface area contributed by atoms with E-state index < -0.39 is 13.9 Å². The van der Waals surface area contributed by atoms with Gasteiger partial charge in [-0.2, -0.15) is 0 Å². The number of rotatable bonds is 28. The zero-order valence-corrected chi connectivity index (χ0v) is 26.3. The van der Waals surface area contributed by atoms with Gasteiger partial charge in [0.25, 0.3) is 0 Å². The fourth-order valence-corrected chi connectivity index (χ4v) is 4.70. The molecule has 38 heavy (non-hydrogen) atoms. The molecule has 0 fully saturated rings. The van der Waals surface area contributed by atoms with Gasteiger partial charge in [-0.05, 0) is 12.8 Å². The highest BCUT2D eigenvalue weighted by Gasteiger charge is 2.26. The summed E-state index contributed by atoms with van der Waals surface area (Å²) in [5, 5.41) is 0. The zero-order chi connectivity index (χ0) is 28.5. The fourth-order valence-electron chi connectivity index (χ4n) is 3.96. The molecular formula is C29H61NO7P+. The van der Waals surface area contributed by atoms with E-state index in [1.165, 1.54) is 64.2 Å². The first-order chi connectivity index (χ1) is 18.1. The van der Waals surface area contributed by atoms with Crippen molar-refractivity contribution in [2.45, 2.75) is 129 Å². The third-order valence-corrected chi connectivity index (χ3v) is 7.40. The van der Waals surface area contributed by atoms with Gasteiger partial charge >= 0.3 is 13.8 Å². The maximum absolute atomic E-state index is 12.3. The minimum absolute atomic E-state index is 0.0919. The molecule has 2 atom stereocenters. The van der Waals surface area contributed by atoms with Gasteiger partial charge in [0.1, 0.15) is 19.3 Å². The molecule has 9 heteroatoms. The lowest BCUT2D eigenvalue weighted by molar-refractivity contribution is -0.870. The fraction of sp³-hybridized carbons (Fsp3) is 0.966. The number of nitrogens with zero attached hydrogens (tertiary/aromatic N) is 1. The Labute approximate surface area is 234 Å². The van der Waals surface area contributed by atoms with Crippen molar-refractivity contribution in [2.24, 2.45) is 0 Å². The summed E-state index contributed by atoms with van der Waals surface area (Å²) >= 11 is 0. The molecule has 0 spiro atoms. The van der Waals surface area contributed by atoms with Crippen molar-refractivity contribution in [1.29, 1.82) is 0 Å². The smallest absolute Gasteiger partial charge is 0.457 e. The van der Waals surface area contributed by atoms with Crippen LogP contribution in [0, 0.1) is 0 Å². The van der Waals surface area contributed by atoms with Crippen molar-refractivity contribution in [2.75, 3.05) is 54.1 Å². The van der Waals surface area contributed by atoms with Crippen LogP contribution in [0.15, 0.2) is 0 Å². The van der Waals surface area contributed by atoms with Crippen molar-refractivity contribution in [3.63, 3.8) is 0 Å². The molecule has 0 saturated heterocycles. The van der Waals surface area contributed by atoms with E-state index in [4.69, 9.17) is 18.5 Å². The minimum Gasteiger partial charge on any atom is -0.457 e. The molecule has 0 aliphatic carbocycles. The molecule has 0 aromatic rings. The SMILES string of the molecule is CCCCCCCCCCCCCCOCC(COP(=O)(O)OCC[N+](C)(C)C)OC(=O)CCCCCC. The zero-order valence-electron chi connectivity index (χ0n) is 25.4. The Morgan fingerprint density at radius 2 is 1.21 bits per heavy atom. The van der Waals surface area contributed by atoms with Crippen molar-refractivity contribution < 1.29 is 37.3 Å². The second kappa shape index (κ2) is 24.3. The topological polar surface area (TPSA) is 91.3 Å². The maximum atomic E-state index is 12.3. The van der Waals surface area contributed by atoms with Gasteiger partial charge in [0.05, 0.1) is 34.4 Å². The predicted octanol–water partition coefficient (Wildman–Crippen LogP) is 7.43. The second-order valence-corrected chi connectivity index (χ2v) is 13.0. The van der Waals surface area contributed by atoms with E-state index in [9.17, 15) is 14.3 Å². The van der Waals surface area contributed by atoms with Gasteiger partial charge in [0, 0.05) is 13.0 Å². The summed E-state index contributed by atoms with van der Waals surface area (Å²) in [6.45, 7) is 5.49. The molecule has 0 aromatic carbocycles. The van der Waals surface area contributed by atoms with Crippen molar-refractivity contribution >= 4 is 13.8 Å². The molecule has 8 nitrogen and oxygen atoms in total. The lowest BCUT2D eigenvalue weighted by Gasteiger charge is -2.24. The number of likely N-dealkylation sites (N-methyl/N-ethyl adjacent to an activating group) is 1. The van der Waals surface area contributed by atoms with Gasteiger partial charge in [-0.25, -0.2) is 4.57 Å². The summed E-state index contributed by atoms with van der Waals surface area (Å²) in [7, 11) is 1.67. The van der Waals surface area contributed by atoms with Gasteiger partial charge in [0.15, 0.2) is 0 Å². The van der Waals surface area contributed by atoms with Gasteiger partial charge < -0.3 is 18.9 Å². The molecule has 0 bridgehead atoms. The largest absolute Gasteiger partial charge is 0.472 e. The minimum atomic E-state index is -4.24. The highest BCUT2D eigenvalue weighted by molar-refractivity contribution is 7.47. The quantitative estimate of drug-likeness (QED) is 0.0456. The molecule has 0 aliphatic rings. The number of ether oxygens (including phenoxy) is 2. The molecule has 0 heterocycles. The van der Waals surface area contributed by atoms with Crippen molar-refractivity contribution in [3.8, 4) is 0 Å². The summed E-state index contributed by atoms with van der Waals surface area (Å²) in [5.41, 5.74) is 0. The van der Waals surface area contributed by atoms with Gasteiger partial charge in [-0.1, -0.05) is 104 Å². The van der Waals surface area contributed by atoms with Crippen molar-refractivity contribution in [1.82, 2.24) is 0 Å². The molecule has 2 unspecified atom stereocenters. The van der Waals surface area contributed by atoms with Gasteiger partial charge in [-0.15, -0.1) is 0 Å². The summed E-state index contributed by atoms with van der Waals surface area (Å²) < 4.78 is 34.3. The first-order valence-corrected chi connectivity index (χ1v) is 16.8. The summed E-state index contributed by atoms with van der Waals surface area (Å²) in [6.07, 6.45) is 18.8. The monoisotopic (exact) mass is 566 g/mol. The van der Waals surface area contributed by atoms with Crippen molar-refractivity contribution in [3.05, 3.63) is 0 Å². The van der Waals surface area contributed by atoms with E-state index in [2.05, 4.69) is 13.8 Å². The van der Waals surface area contributed by atoms with Gasteiger partial charge in [-0.3, -0.25) is 13.8 Å². The van der Waals surface area contributed by atoms with E-state index in [-0.39, 0.29) is 25.8 Å². The Balaban J connectivity index is 4.22. The average Bonchev–Trinajstić information content (AvgIpc) is 2.84. The third kappa shape index (κ3) is 27.1.